The molecule has 3 nitrogen and oxygen atoms in total. The zero-order valence-electron chi connectivity index (χ0n) is 11.7. The van der Waals surface area contributed by atoms with E-state index in [1.165, 1.54) is 5.56 Å². The molecule has 1 saturated heterocycles. The summed E-state index contributed by atoms with van der Waals surface area (Å²) in [4.78, 5) is 2.40. The molecular weight excluding hydrogens is 306 g/mol. The van der Waals surface area contributed by atoms with E-state index in [4.69, 9.17) is 4.74 Å². The fourth-order valence-electron chi connectivity index (χ4n) is 2.52. The van der Waals surface area contributed by atoms with Gasteiger partial charge in [0.15, 0.2) is 0 Å². The number of nitrogens with zero attached hydrogens (tertiary/aromatic N) is 1. The van der Waals surface area contributed by atoms with E-state index < -0.39 is 5.60 Å². The van der Waals surface area contributed by atoms with Crippen molar-refractivity contribution in [1.82, 2.24) is 4.90 Å². The Morgan fingerprint density at radius 1 is 1.37 bits per heavy atom. The molecule has 1 aromatic carbocycles. The number of likely N-dealkylation sites (tertiary alicyclic amines) is 1. The second-order valence-electron chi connectivity index (χ2n) is 5.58. The summed E-state index contributed by atoms with van der Waals surface area (Å²) in [6.07, 6.45) is 2.78. The molecule has 106 valence electrons. The van der Waals surface area contributed by atoms with Crippen LogP contribution >= 0.6 is 15.9 Å². The largest absolute Gasteiger partial charge is 0.497 e. The molecule has 1 fully saturated rings. The van der Waals surface area contributed by atoms with Crippen LogP contribution in [0.2, 0.25) is 0 Å². The van der Waals surface area contributed by atoms with E-state index in [0.717, 1.165) is 49.1 Å². The van der Waals surface area contributed by atoms with Crippen LogP contribution in [0.1, 0.15) is 31.7 Å². The normalized spacial score (nSPS) is 25.1. The molecule has 1 aromatic rings. The molecule has 0 spiro atoms. The lowest BCUT2D eigenvalue weighted by Gasteiger charge is -2.23. The molecule has 0 bridgehead atoms. The second-order valence-corrected chi connectivity index (χ2v) is 6.44. The van der Waals surface area contributed by atoms with E-state index in [-0.39, 0.29) is 0 Å². The molecule has 1 heterocycles. The number of rotatable bonds is 3. The molecule has 1 aliphatic heterocycles. The Morgan fingerprint density at radius 3 is 2.89 bits per heavy atom. The fourth-order valence-corrected chi connectivity index (χ4v) is 2.89. The van der Waals surface area contributed by atoms with Crippen molar-refractivity contribution in [2.75, 3.05) is 20.2 Å². The third-order valence-corrected chi connectivity index (χ3v) is 4.58. The van der Waals surface area contributed by atoms with Gasteiger partial charge in [-0.3, -0.25) is 4.90 Å². The quantitative estimate of drug-likeness (QED) is 0.925. The number of hydrogen-bond donors (Lipinski definition) is 1. The molecule has 19 heavy (non-hydrogen) atoms. The highest BCUT2D eigenvalue weighted by molar-refractivity contribution is 9.10. The maximum atomic E-state index is 10.1. The van der Waals surface area contributed by atoms with Gasteiger partial charge >= 0.3 is 0 Å². The molecule has 1 N–H and O–H groups in total. The first-order chi connectivity index (χ1) is 9.00. The Kier molecular flexibility index (Phi) is 4.87. The molecule has 0 aromatic heterocycles. The average Bonchev–Trinajstić information content (AvgIpc) is 2.54. The predicted octanol–water partition coefficient (Wildman–Crippen LogP) is 3.19. The van der Waals surface area contributed by atoms with Gasteiger partial charge < -0.3 is 9.84 Å². The Labute approximate surface area is 123 Å². The number of hydrogen-bond acceptors (Lipinski definition) is 3. The first-order valence-electron chi connectivity index (χ1n) is 6.77. The minimum Gasteiger partial charge on any atom is -0.497 e. The molecule has 0 saturated carbocycles. The van der Waals surface area contributed by atoms with Gasteiger partial charge in [-0.1, -0.05) is 15.9 Å². The van der Waals surface area contributed by atoms with Crippen LogP contribution in [0.25, 0.3) is 0 Å². The number of aliphatic hydroxyl groups is 1. The van der Waals surface area contributed by atoms with Gasteiger partial charge in [-0.2, -0.15) is 0 Å². The Morgan fingerprint density at radius 2 is 2.16 bits per heavy atom. The van der Waals surface area contributed by atoms with Crippen molar-refractivity contribution >= 4 is 15.9 Å². The Hall–Kier alpha value is -0.580. The Balaban J connectivity index is 2.04. The smallest absolute Gasteiger partial charge is 0.119 e. The third kappa shape index (κ3) is 4.20. The van der Waals surface area contributed by atoms with Crippen LogP contribution in [0.4, 0.5) is 0 Å². The summed E-state index contributed by atoms with van der Waals surface area (Å²) < 4.78 is 6.39. The zero-order chi connectivity index (χ0) is 13.9. The van der Waals surface area contributed by atoms with Crippen LogP contribution in [0.5, 0.6) is 5.75 Å². The predicted molar refractivity (Wildman–Crippen MR) is 80.4 cm³/mol. The molecule has 1 aliphatic rings. The molecule has 4 heteroatoms. The lowest BCUT2D eigenvalue weighted by Crippen LogP contribution is -2.28. The summed E-state index contributed by atoms with van der Waals surface area (Å²) >= 11 is 3.60. The number of halogens is 1. The van der Waals surface area contributed by atoms with Crippen molar-refractivity contribution in [3.63, 3.8) is 0 Å². The summed E-state index contributed by atoms with van der Waals surface area (Å²) in [7, 11) is 1.69. The Bertz CT molecular complexity index is 434. The zero-order valence-corrected chi connectivity index (χ0v) is 13.2. The van der Waals surface area contributed by atoms with Crippen molar-refractivity contribution in [2.45, 2.75) is 38.3 Å². The van der Waals surface area contributed by atoms with E-state index >= 15 is 0 Å². The lowest BCUT2D eigenvalue weighted by atomic mass is 9.98. The fraction of sp³-hybridized carbons (Fsp3) is 0.600. The van der Waals surface area contributed by atoms with Crippen LogP contribution in [0, 0.1) is 0 Å². The molecular formula is C15H22BrNO2. The topological polar surface area (TPSA) is 32.7 Å². The van der Waals surface area contributed by atoms with Gasteiger partial charge in [-0.05, 0) is 56.5 Å². The van der Waals surface area contributed by atoms with Gasteiger partial charge in [0.1, 0.15) is 5.75 Å². The van der Waals surface area contributed by atoms with Crippen molar-refractivity contribution < 1.29 is 9.84 Å². The lowest BCUT2D eigenvalue weighted by molar-refractivity contribution is 0.0444. The highest BCUT2D eigenvalue weighted by Crippen LogP contribution is 2.26. The molecule has 2 rings (SSSR count). The van der Waals surface area contributed by atoms with Crippen molar-refractivity contribution in [1.29, 1.82) is 0 Å². The third-order valence-electron chi connectivity index (χ3n) is 3.80. The first kappa shape index (κ1) is 14.8. The van der Waals surface area contributed by atoms with E-state index in [1.54, 1.807) is 7.11 Å². The summed E-state index contributed by atoms with van der Waals surface area (Å²) in [5, 5.41) is 10.1. The first-order valence-corrected chi connectivity index (χ1v) is 7.57. The number of ether oxygens (including phenoxy) is 1. The van der Waals surface area contributed by atoms with Gasteiger partial charge in [0.2, 0.25) is 0 Å². The molecule has 0 aliphatic carbocycles. The van der Waals surface area contributed by atoms with E-state index in [1.807, 2.05) is 19.1 Å². The van der Waals surface area contributed by atoms with E-state index in [0.29, 0.717) is 0 Å². The minimum atomic E-state index is -0.500. The van der Waals surface area contributed by atoms with Crippen molar-refractivity contribution in [2.24, 2.45) is 0 Å². The van der Waals surface area contributed by atoms with Crippen LogP contribution in [0.3, 0.4) is 0 Å². The summed E-state index contributed by atoms with van der Waals surface area (Å²) in [5.41, 5.74) is 0.737. The SMILES string of the molecule is COc1ccc(Br)c(CN2CCCC(C)(O)CC2)c1. The summed E-state index contributed by atoms with van der Waals surface area (Å²) in [6.45, 7) is 4.82. The van der Waals surface area contributed by atoms with Crippen LogP contribution in [-0.4, -0.2) is 35.8 Å². The van der Waals surface area contributed by atoms with Crippen LogP contribution in [-0.2, 0) is 6.54 Å². The standard InChI is InChI=1S/C15H22BrNO2/c1-15(18)6-3-8-17(9-7-15)11-12-10-13(19-2)4-5-14(12)16/h4-5,10,18H,3,6-9,11H2,1-2H3. The van der Waals surface area contributed by atoms with Crippen molar-refractivity contribution in [3.05, 3.63) is 28.2 Å². The van der Waals surface area contributed by atoms with Gasteiger partial charge in [-0.25, -0.2) is 0 Å². The van der Waals surface area contributed by atoms with Crippen LogP contribution < -0.4 is 4.74 Å². The van der Waals surface area contributed by atoms with Gasteiger partial charge in [-0.15, -0.1) is 0 Å². The highest BCUT2D eigenvalue weighted by atomic mass is 79.9. The van der Waals surface area contributed by atoms with Gasteiger partial charge in [0.25, 0.3) is 0 Å². The second kappa shape index (κ2) is 6.25. The molecule has 0 amide bonds. The van der Waals surface area contributed by atoms with Gasteiger partial charge in [0, 0.05) is 17.6 Å². The van der Waals surface area contributed by atoms with Crippen LogP contribution in [0.15, 0.2) is 22.7 Å². The number of benzene rings is 1. The van der Waals surface area contributed by atoms with Gasteiger partial charge in [0.05, 0.1) is 12.7 Å². The maximum absolute atomic E-state index is 10.1. The molecule has 0 radical (unpaired) electrons. The molecule has 1 unspecified atom stereocenters. The van der Waals surface area contributed by atoms with E-state index in [2.05, 4.69) is 26.9 Å². The summed E-state index contributed by atoms with van der Waals surface area (Å²) in [5.74, 6) is 0.889. The molecule has 1 atom stereocenters. The average molecular weight is 328 g/mol. The number of methoxy groups -OCH3 is 1. The highest BCUT2D eigenvalue weighted by Gasteiger charge is 2.25. The van der Waals surface area contributed by atoms with Crippen molar-refractivity contribution in [3.8, 4) is 5.75 Å². The maximum Gasteiger partial charge on any atom is 0.119 e. The minimum absolute atomic E-state index is 0.500. The van der Waals surface area contributed by atoms with E-state index in [9.17, 15) is 5.11 Å². The summed E-state index contributed by atoms with van der Waals surface area (Å²) in [6, 6.07) is 6.07. The monoisotopic (exact) mass is 327 g/mol.